The topological polar surface area (TPSA) is 49.3 Å². The number of nitrogens with one attached hydrogen (secondary N) is 1. The van der Waals surface area contributed by atoms with Crippen LogP contribution in [0, 0.1) is 5.41 Å². The maximum Gasteiger partial charge on any atom is 0.255 e. The number of aromatic hydroxyl groups is 1. The number of halogens is 1. The Balaban J connectivity index is 2.01. The Morgan fingerprint density at radius 3 is 2.78 bits per heavy atom. The molecular formula is C14H18BrNO2. The largest absolute Gasteiger partial charge is 0.507 e. The molecule has 3 nitrogen and oxygen atoms in total. The summed E-state index contributed by atoms with van der Waals surface area (Å²) in [6.45, 7) is 2.87. The molecule has 2 rings (SSSR count). The average molecular weight is 312 g/mol. The molecule has 0 bridgehead atoms. The highest BCUT2D eigenvalue weighted by Gasteiger charge is 2.35. The van der Waals surface area contributed by atoms with Crippen LogP contribution in [0.3, 0.4) is 0 Å². The molecule has 98 valence electrons. The minimum absolute atomic E-state index is 0.0230. The van der Waals surface area contributed by atoms with Crippen LogP contribution in [0.5, 0.6) is 5.75 Å². The molecule has 0 heterocycles. The maximum atomic E-state index is 12.0. The molecule has 0 spiro atoms. The summed E-state index contributed by atoms with van der Waals surface area (Å²) in [5, 5.41) is 12.6. The lowest BCUT2D eigenvalue weighted by Crippen LogP contribution is -2.41. The lowest BCUT2D eigenvalue weighted by atomic mass is 9.67. The second-order valence-electron chi connectivity index (χ2n) is 5.05. The molecule has 1 aliphatic carbocycles. The van der Waals surface area contributed by atoms with Crippen LogP contribution in [0.25, 0.3) is 0 Å². The van der Waals surface area contributed by atoms with E-state index < -0.39 is 0 Å². The fraction of sp³-hybridized carbons (Fsp3) is 0.500. The molecule has 0 unspecified atom stereocenters. The summed E-state index contributed by atoms with van der Waals surface area (Å²) >= 11 is 3.30. The van der Waals surface area contributed by atoms with Crippen molar-refractivity contribution in [3.05, 3.63) is 28.2 Å². The molecule has 1 aromatic carbocycles. The third-order valence-electron chi connectivity index (χ3n) is 3.99. The Hall–Kier alpha value is -1.03. The summed E-state index contributed by atoms with van der Waals surface area (Å²) in [7, 11) is 0. The Morgan fingerprint density at radius 2 is 2.22 bits per heavy atom. The highest BCUT2D eigenvalue weighted by Crippen LogP contribution is 2.43. The second kappa shape index (κ2) is 5.31. The fourth-order valence-corrected chi connectivity index (χ4v) is 2.75. The molecule has 18 heavy (non-hydrogen) atoms. The highest BCUT2D eigenvalue weighted by molar-refractivity contribution is 9.10. The Morgan fingerprint density at radius 1 is 1.50 bits per heavy atom. The zero-order valence-electron chi connectivity index (χ0n) is 10.5. The number of phenolic OH excluding ortho intramolecular Hbond substituents is 1. The van der Waals surface area contributed by atoms with Gasteiger partial charge in [0.1, 0.15) is 5.75 Å². The van der Waals surface area contributed by atoms with Crippen molar-refractivity contribution in [2.45, 2.75) is 32.6 Å². The van der Waals surface area contributed by atoms with E-state index >= 15 is 0 Å². The van der Waals surface area contributed by atoms with Gasteiger partial charge in [0.25, 0.3) is 5.91 Å². The number of carbonyl (C=O) groups is 1. The van der Waals surface area contributed by atoms with E-state index in [4.69, 9.17) is 0 Å². The van der Waals surface area contributed by atoms with Crippen LogP contribution >= 0.6 is 15.9 Å². The smallest absolute Gasteiger partial charge is 0.255 e. The molecule has 1 fully saturated rings. The molecule has 0 aromatic heterocycles. The van der Waals surface area contributed by atoms with Gasteiger partial charge in [-0.3, -0.25) is 4.79 Å². The third kappa shape index (κ3) is 2.69. The first-order chi connectivity index (χ1) is 8.56. The van der Waals surface area contributed by atoms with Crippen molar-refractivity contribution in [1.82, 2.24) is 5.32 Å². The zero-order valence-corrected chi connectivity index (χ0v) is 12.1. The summed E-state index contributed by atoms with van der Waals surface area (Å²) in [4.78, 5) is 12.0. The third-order valence-corrected chi connectivity index (χ3v) is 4.48. The predicted molar refractivity (Wildman–Crippen MR) is 74.7 cm³/mol. The number of rotatable bonds is 4. The molecule has 0 saturated heterocycles. The molecule has 1 amide bonds. The van der Waals surface area contributed by atoms with Crippen LogP contribution < -0.4 is 5.32 Å². The Bertz CT molecular complexity index is 450. The molecular weight excluding hydrogens is 294 g/mol. The van der Waals surface area contributed by atoms with E-state index in [1.54, 1.807) is 12.1 Å². The number of hydrogen-bond acceptors (Lipinski definition) is 2. The van der Waals surface area contributed by atoms with Crippen LogP contribution in [0.2, 0.25) is 0 Å². The van der Waals surface area contributed by atoms with Gasteiger partial charge in [-0.05, 0) is 42.9 Å². The van der Waals surface area contributed by atoms with Crippen molar-refractivity contribution >= 4 is 21.8 Å². The summed E-state index contributed by atoms with van der Waals surface area (Å²) in [6.07, 6.45) is 4.73. The van der Waals surface area contributed by atoms with Crippen molar-refractivity contribution in [2.75, 3.05) is 6.54 Å². The standard InChI is InChI=1S/C14H18BrNO2/c1-2-14(6-3-7-14)9-16-13(18)11-8-10(15)4-5-12(11)17/h4-5,8,17H,2-3,6-7,9H2,1H3,(H,16,18). The first-order valence-corrected chi connectivity index (χ1v) is 7.12. The van der Waals surface area contributed by atoms with E-state index in [-0.39, 0.29) is 17.1 Å². The van der Waals surface area contributed by atoms with Crippen molar-refractivity contribution in [3.8, 4) is 5.75 Å². The molecule has 1 aliphatic rings. The van der Waals surface area contributed by atoms with Crippen molar-refractivity contribution in [2.24, 2.45) is 5.41 Å². The Kier molecular flexibility index (Phi) is 3.95. The van der Waals surface area contributed by atoms with Crippen LogP contribution in [-0.4, -0.2) is 17.6 Å². The van der Waals surface area contributed by atoms with Gasteiger partial charge in [0.15, 0.2) is 0 Å². The van der Waals surface area contributed by atoms with Gasteiger partial charge in [0, 0.05) is 11.0 Å². The van der Waals surface area contributed by atoms with E-state index in [2.05, 4.69) is 28.2 Å². The van der Waals surface area contributed by atoms with Gasteiger partial charge in [-0.1, -0.05) is 29.3 Å². The quantitative estimate of drug-likeness (QED) is 0.894. The summed E-state index contributed by atoms with van der Waals surface area (Å²) in [6, 6.07) is 4.88. The van der Waals surface area contributed by atoms with Crippen LogP contribution in [0.1, 0.15) is 43.0 Å². The number of phenols is 1. The molecule has 1 saturated carbocycles. The first-order valence-electron chi connectivity index (χ1n) is 6.33. The highest BCUT2D eigenvalue weighted by atomic mass is 79.9. The van der Waals surface area contributed by atoms with Gasteiger partial charge in [0.05, 0.1) is 5.56 Å². The second-order valence-corrected chi connectivity index (χ2v) is 5.97. The van der Waals surface area contributed by atoms with E-state index in [1.807, 2.05) is 0 Å². The lowest BCUT2D eigenvalue weighted by Gasteiger charge is -2.41. The molecule has 2 N–H and O–H groups in total. The van der Waals surface area contributed by atoms with Crippen molar-refractivity contribution < 1.29 is 9.90 Å². The number of carbonyl (C=O) groups excluding carboxylic acids is 1. The van der Waals surface area contributed by atoms with E-state index in [0.717, 1.165) is 10.9 Å². The van der Waals surface area contributed by atoms with Gasteiger partial charge < -0.3 is 10.4 Å². The molecule has 1 aromatic rings. The summed E-state index contributed by atoms with van der Waals surface area (Å²) < 4.78 is 0.791. The number of benzene rings is 1. The normalized spacial score (nSPS) is 17.0. The predicted octanol–water partition coefficient (Wildman–Crippen LogP) is 3.46. The molecule has 0 radical (unpaired) electrons. The Labute approximate surface area is 116 Å². The van der Waals surface area contributed by atoms with E-state index in [0.29, 0.717) is 12.1 Å². The zero-order chi connectivity index (χ0) is 13.2. The molecule has 4 heteroatoms. The maximum absolute atomic E-state index is 12.0. The minimum atomic E-state index is -0.200. The van der Waals surface area contributed by atoms with Crippen LogP contribution in [0.15, 0.2) is 22.7 Å². The van der Waals surface area contributed by atoms with Crippen molar-refractivity contribution in [1.29, 1.82) is 0 Å². The summed E-state index contributed by atoms with van der Waals surface area (Å²) in [5.74, 6) is -0.177. The molecule has 0 aliphatic heterocycles. The SMILES string of the molecule is CCC1(CNC(=O)c2cc(Br)ccc2O)CCC1. The van der Waals surface area contributed by atoms with Gasteiger partial charge in [-0.15, -0.1) is 0 Å². The fourth-order valence-electron chi connectivity index (χ4n) is 2.39. The minimum Gasteiger partial charge on any atom is -0.507 e. The van der Waals surface area contributed by atoms with Gasteiger partial charge in [-0.2, -0.15) is 0 Å². The van der Waals surface area contributed by atoms with Crippen LogP contribution in [0.4, 0.5) is 0 Å². The van der Waals surface area contributed by atoms with E-state index in [9.17, 15) is 9.90 Å². The van der Waals surface area contributed by atoms with Crippen LogP contribution in [-0.2, 0) is 0 Å². The van der Waals surface area contributed by atoms with Gasteiger partial charge >= 0.3 is 0 Å². The van der Waals surface area contributed by atoms with E-state index in [1.165, 1.54) is 25.3 Å². The van der Waals surface area contributed by atoms with Gasteiger partial charge in [-0.25, -0.2) is 0 Å². The monoisotopic (exact) mass is 311 g/mol. The van der Waals surface area contributed by atoms with Gasteiger partial charge in [0.2, 0.25) is 0 Å². The number of amides is 1. The average Bonchev–Trinajstić information content (AvgIpc) is 2.31. The summed E-state index contributed by atoms with van der Waals surface area (Å²) in [5.41, 5.74) is 0.618. The van der Waals surface area contributed by atoms with Crippen molar-refractivity contribution in [3.63, 3.8) is 0 Å². The lowest BCUT2D eigenvalue weighted by molar-refractivity contribution is 0.0847. The number of hydrogen-bond donors (Lipinski definition) is 2. The first kappa shape index (κ1) is 13.4. The molecule has 0 atom stereocenters.